The van der Waals surface area contributed by atoms with Gasteiger partial charge in [-0.2, -0.15) is 5.26 Å². The second kappa shape index (κ2) is 7.06. The molecule has 3 heteroatoms. The Kier molecular flexibility index (Phi) is 4.90. The zero-order chi connectivity index (χ0) is 14.5. The van der Waals surface area contributed by atoms with E-state index in [1.165, 1.54) is 31.5 Å². The number of hydrogen-bond acceptors (Lipinski definition) is 3. The molecule has 1 atom stereocenters. The first-order chi connectivity index (χ1) is 10.3. The summed E-state index contributed by atoms with van der Waals surface area (Å²) < 4.78 is 0. The predicted octanol–water partition coefficient (Wildman–Crippen LogP) is 2.89. The number of benzene rings is 1. The lowest BCUT2D eigenvalue weighted by molar-refractivity contribution is 0.139. The smallest absolute Gasteiger partial charge is 0.0656 e. The van der Waals surface area contributed by atoms with Crippen LogP contribution in [-0.4, -0.2) is 42.0 Å². The average Bonchev–Trinajstić information content (AvgIpc) is 2.96. The molecule has 3 rings (SSSR count). The normalized spacial score (nSPS) is 25.0. The van der Waals surface area contributed by atoms with E-state index in [1.54, 1.807) is 0 Å². The molecule has 0 aromatic heterocycles. The summed E-state index contributed by atoms with van der Waals surface area (Å²) in [6.45, 7) is 5.71. The van der Waals surface area contributed by atoms with Crippen molar-refractivity contribution < 1.29 is 0 Å². The van der Waals surface area contributed by atoms with Gasteiger partial charge in [0.25, 0.3) is 0 Å². The summed E-state index contributed by atoms with van der Waals surface area (Å²) in [4.78, 5) is 5.22. The van der Waals surface area contributed by atoms with E-state index in [0.717, 1.165) is 32.5 Å². The van der Waals surface area contributed by atoms with Gasteiger partial charge >= 0.3 is 0 Å². The third-order valence-corrected chi connectivity index (χ3v) is 4.97. The molecule has 0 aliphatic carbocycles. The van der Waals surface area contributed by atoms with Crippen LogP contribution in [0.5, 0.6) is 0 Å². The molecule has 0 unspecified atom stereocenters. The lowest BCUT2D eigenvalue weighted by Crippen LogP contribution is -2.43. The Morgan fingerprint density at radius 3 is 2.52 bits per heavy atom. The van der Waals surface area contributed by atoms with E-state index in [9.17, 15) is 0 Å². The zero-order valence-electron chi connectivity index (χ0n) is 12.7. The van der Waals surface area contributed by atoms with Gasteiger partial charge in [0.15, 0.2) is 0 Å². The summed E-state index contributed by atoms with van der Waals surface area (Å²) in [6.07, 6.45) is 4.76. The summed E-state index contributed by atoms with van der Waals surface area (Å²) in [5.74, 6) is 0.297. The van der Waals surface area contributed by atoms with Crippen molar-refractivity contribution >= 4 is 0 Å². The van der Waals surface area contributed by atoms with Crippen LogP contribution >= 0.6 is 0 Å². The van der Waals surface area contributed by atoms with Crippen LogP contribution in [0.25, 0.3) is 0 Å². The van der Waals surface area contributed by atoms with Gasteiger partial charge in [-0.25, -0.2) is 0 Å². The van der Waals surface area contributed by atoms with E-state index < -0.39 is 0 Å². The molecule has 21 heavy (non-hydrogen) atoms. The van der Waals surface area contributed by atoms with Gasteiger partial charge in [-0.1, -0.05) is 30.3 Å². The average molecular weight is 283 g/mol. The number of nitriles is 1. The van der Waals surface area contributed by atoms with Crippen molar-refractivity contribution in [3.8, 4) is 6.07 Å². The molecule has 0 N–H and O–H groups in total. The molecular formula is C18H25N3. The molecule has 0 amide bonds. The van der Waals surface area contributed by atoms with Crippen LogP contribution in [0.15, 0.2) is 30.3 Å². The van der Waals surface area contributed by atoms with Crippen LogP contribution in [0.4, 0.5) is 0 Å². The minimum atomic E-state index is 0.297. The van der Waals surface area contributed by atoms with Gasteiger partial charge in [-0.05, 0) is 50.9 Å². The first-order valence-corrected chi connectivity index (χ1v) is 8.25. The van der Waals surface area contributed by atoms with Crippen molar-refractivity contribution in [1.29, 1.82) is 5.26 Å². The summed E-state index contributed by atoms with van der Waals surface area (Å²) in [7, 11) is 0. The number of rotatable bonds is 4. The molecule has 3 nitrogen and oxygen atoms in total. The largest absolute Gasteiger partial charge is 0.302 e. The Hall–Kier alpha value is -1.37. The SMILES string of the molecule is N#CC1CCN(C[C@H]2CCCN2Cc2ccccc2)CC1. The highest BCUT2D eigenvalue weighted by Gasteiger charge is 2.28. The fraction of sp³-hybridized carbons (Fsp3) is 0.611. The van der Waals surface area contributed by atoms with Crippen LogP contribution < -0.4 is 0 Å². The quantitative estimate of drug-likeness (QED) is 0.851. The van der Waals surface area contributed by atoms with Gasteiger partial charge in [0.1, 0.15) is 0 Å². The van der Waals surface area contributed by atoms with Crippen LogP contribution in [-0.2, 0) is 6.54 Å². The summed E-state index contributed by atoms with van der Waals surface area (Å²) in [6, 6.07) is 13.9. The maximum Gasteiger partial charge on any atom is 0.0656 e. The lowest BCUT2D eigenvalue weighted by atomic mass is 9.98. The van der Waals surface area contributed by atoms with Crippen molar-refractivity contribution in [2.45, 2.75) is 38.3 Å². The Balaban J connectivity index is 1.52. The minimum Gasteiger partial charge on any atom is -0.302 e. The molecular weight excluding hydrogens is 258 g/mol. The van der Waals surface area contributed by atoms with E-state index in [1.807, 2.05) is 0 Å². The van der Waals surface area contributed by atoms with Gasteiger partial charge in [-0.3, -0.25) is 4.90 Å². The maximum atomic E-state index is 8.99. The summed E-state index contributed by atoms with van der Waals surface area (Å²) >= 11 is 0. The molecule has 2 fully saturated rings. The highest BCUT2D eigenvalue weighted by atomic mass is 15.2. The molecule has 0 radical (unpaired) electrons. The molecule has 0 saturated carbocycles. The number of hydrogen-bond donors (Lipinski definition) is 0. The molecule has 2 heterocycles. The van der Waals surface area contributed by atoms with Gasteiger partial charge in [0.05, 0.1) is 6.07 Å². The molecule has 1 aromatic carbocycles. The first-order valence-electron chi connectivity index (χ1n) is 8.25. The molecule has 2 aliphatic rings. The molecule has 2 aliphatic heterocycles. The monoisotopic (exact) mass is 283 g/mol. The maximum absolute atomic E-state index is 8.99. The zero-order valence-corrected chi connectivity index (χ0v) is 12.7. The van der Waals surface area contributed by atoms with Gasteiger partial charge in [-0.15, -0.1) is 0 Å². The lowest BCUT2D eigenvalue weighted by Gasteiger charge is -2.34. The van der Waals surface area contributed by atoms with Crippen molar-refractivity contribution in [2.24, 2.45) is 5.92 Å². The Morgan fingerprint density at radius 2 is 1.81 bits per heavy atom. The van der Waals surface area contributed by atoms with E-state index in [-0.39, 0.29) is 0 Å². The van der Waals surface area contributed by atoms with E-state index in [4.69, 9.17) is 5.26 Å². The summed E-state index contributed by atoms with van der Waals surface area (Å²) in [5.41, 5.74) is 1.42. The molecule has 112 valence electrons. The topological polar surface area (TPSA) is 30.3 Å². The molecule has 2 saturated heterocycles. The Morgan fingerprint density at radius 1 is 1.05 bits per heavy atom. The number of nitrogens with zero attached hydrogens (tertiary/aromatic N) is 3. The second-order valence-electron chi connectivity index (χ2n) is 6.46. The van der Waals surface area contributed by atoms with E-state index in [0.29, 0.717) is 12.0 Å². The Labute approximate surface area is 128 Å². The minimum absolute atomic E-state index is 0.297. The third-order valence-electron chi connectivity index (χ3n) is 4.97. The van der Waals surface area contributed by atoms with E-state index >= 15 is 0 Å². The highest BCUT2D eigenvalue weighted by molar-refractivity contribution is 5.14. The molecule has 1 aromatic rings. The second-order valence-corrected chi connectivity index (χ2v) is 6.46. The first kappa shape index (κ1) is 14.6. The summed E-state index contributed by atoms with van der Waals surface area (Å²) in [5, 5.41) is 8.99. The van der Waals surface area contributed by atoms with Gasteiger partial charge in [0, 0.05) is 25.0 Å². The van der Waals surface area contributed by atoms with Crippen LogP contribution in [0.3, 0.4) is 0 Å². The van der Waals surface area contributed by atoms with Crippen LogP contribution in [0.2, 0.25) is 0 Å². The van der Waals surface area contributed by atoms with E-state index in [2.05, 4.69) is 46.2 Å². The highest BCUT2D eigenvalue weighted by Crippen LogP contribution is 2.23. The van der Waals surface area contributed by atoms with Crippen molar-refractivity contribution in [2.75, 3.05) is 26.2 Å². The fourth-order valence-corrected chi connectivity index (χ4v) is 3.67. The predicted molar refractivity (Wildman–Crippen MR) is 84.7 cm³/mol. The van der Waals surface area contributed by atoms with Crippen LogP contribution in [0.1, 0.15) is 31.2 Å². The molecule has 0 spiro atoms. The van der Waals surface area contributed by atoms with Crippen molar-refractivity contribution in [3.05, 3.63) is 35.9 Å². The van der Waals surface area contributed by atoms with Crippen LogP contribution in [0, 0.1) is 17.2 Å². The third kappa shape index (κ3) is 3.84. The van der Waals surface area contributed by atoms with Gasteiger partial charge in [0.2, 0.25) is 0 Å². The fourth-order valence-electron chi connectivity index (χ4n) is 3.67. The van der Waals surface area contributed by atoms with Crippen molar-refractivity contribution in [1.82, 2.24) is 9.80 Å². The standard InChI is InChI=1S/C18H25N3/c19-13-16-8-11-20(12-9-16)15-18-7-4-10-21(18)14-17-5-2-1-3-6-17/h1-3,5-6,16,18H,4,7-12,14-15H2/t18-/m1/s1. The van der Waals surface area contributed by atoms with Crippen molar-refractivity contribution in [3.63, 3.8) is 0 Å². The molecule has 0 bridgehead atoms. The number of likely N-dealkylation sites (tertiary alicyclic amines) is 2. The van der Waals surface area contributed by atoms with Gasteiger partial charge < -0.3 is 4.90 Å². The number of piperidine rings is 1. The Bertz CT molecular complexity index is 471.